The molecule has 0 aliphatic carbocycles. The summed E-state index contributed by atoms with van der Waals surface area (Å²) in [5.41, 5.74) is -0.524. The number of rotatable bonds is 5. The van der Waals surface area contributed by atoms with E-state index in [1.807, 2.05) is 4.90 Å². The van der Waals surface area contributed by atoms with Crippen LogP contribution in [0, 0.1) is 28.9 Å². The Morgan fingerprint density at radius 1 is 1.17 bits per heavy atom. The Labute approximate surface area is 262 Å². The molecule has 0 radical (unpaired) electrons. The molecule has 3 saturated heterocycles. The monoisotopic (exact) mass is 628 g/mol. The van der Waals surface area contributed by atoms with Gasteiger partial charge in [0.15, 0.2) is 5.82 Å². The van der Waals surface area contributed by atoms with Crippen LogP contribution in [0.3, 0.4) is 0 Å². The molecule has 9 nitrogen and oxygen atoms in total. The van der Waals surface area contributed by atoms with Crippen molar-refractivity contribution < 1.29 is 27.8 Å². The highest BCUT2D eigenvalue weighted by atomic mass is 19.1. The second-order valence-electron chi connectivity index (χ2n) is 12.8. The number of phenolic OH excluding ortho intramolecular Hbond substituents is 1. The van der Waals surface area contributed by atoms with Crippen LogP contribution >= 0.6 is 0 Å². The predicted molar refractivity (Wildman–Crippen MR) is 165 cm³/mol. The summed E-state index contributed by atoms with van der Waals surface area (Å²) < 4.78 is 58.9. The molecule has 4 atom stereocenters. The number of pyridine rings is 1. The Hall–Kier alpha value is -4.63. The Balaban J connectivity index is 1.33. The lowest BCUT2D eigenvalue weighted by Gasteiger charge is -2.37. The van der Waals surface area contributed by atoms with E-state index in [0.717, 1.165) is 19.4 Å². The summed E-state index contributed by atoms with van der Waals surface area (Å²) in [6.07, 6.45) is 3.78. The van der Waals surface area contributed by atoms with Gasteiger partial charge in [0.05, 0.1) is 23.6 Å². The lowest BCUT2D eigenvalue weighted by Crippen LogP contribution is -2.46. The molecule has 3 fully saturated rings. The van der Waals surface area contributed by atoms with Gasteiger partial charge in [-0.25, -0.2) is 18.2 Å². The normalized spacial score (nSPS) is 25.5. The number of anilines is 1. The van der Waals surface area contributed by atoms with E-state index in [1.165, 1.54) is 30.3 Å². The van der Waals surface area contributed by atoms with E-state index in [4.69, 9.17) is 14.5 Å². The van der Waals surface area contributed by atoms with Gasteiger partial charge in [-0.1, -0.05) is 18.7 Å². The molecule has 12 heteroatoms. The van der Waals surface area contributed by atoms with Crippen molar-refractivity contribution in [2.24, 2.45) is 5.92 Å². The number of nitriles is 1. The summed E-state index contributed by atoms with van der Waals surface area (Å²) in [6.45, 7) is 5.60. The summed E-state index contributed by atoms with van der Waals surface area (Å²) in [5.74, 6) is -1.38. The molecule has 6 heterocycles. The minimum absolute atomic E-state index is 0.0774. The number of benzene rings is 2. The molecule has 0 bridgehead atoms. The third kappa shape index (κ3) is 4.43. The first-order chi connectivity index (χ1) is 22.3. The first-order valence-corrected chi connectivity index (χ1v) is 15.6. The zero-order chi connectivity index (χ0) is 31.7. The molecule has 2 aromatic heterocycles. The number of fused-ring (bicyclic) bond motifs is 4. The van der Waals surface area contributed by atoms with Crippen molar-refractivity contribution in [2.45, 2.75) is 49.9 Å². The molecule has 0 saturated carbocycles. The number of hydrogen-bond acceptors (Lipinski definition) is 9. The van der Waals surface area contributed by atoms with Crippen molar-refractivity contribution in [1.29, 1.82) is 5.26 Å². The van der Waals surface area contributed by atoms with E-state index >= 15 is 4.39 Å². The summed E-state index contributed by atoms with van der Waals surface area (Å²) in [5, 5.41) is 21.4. The summed E-state index contributed by atoms with van der Waals surface area (Å²) in [7, 11) is 0. The van der Waals surface area contributed by atoms with Gasteiger partial charge in [-0.15, -0.1) is 0 Å². The van der Waals surface area contributed by atoms with E-state index in [0.29, 0.717) is 48.9 Å². The molecule has 0 unspecified atom stereocenters. The van der Waals surface area contributed by atoms with Crippen molar-refractivity contribution in [1.82, 2.24) is 19.9 Å². The zero-order valence-corrected chi connectivity index (χ0v) is 25.0. The molecule has 46 heavy (non-hydrogen) atoms. The minimum atomic E-state index is -0.948. The highest BCUT2D eigenvalue weighted by Gasteiger charge is 2.49. The molecular weight excluding hydrogens is 597 g/mol. The molecule has 4 aliphatic heterocycles. The van der Waals surface area contributed by atoms with Crippen molar-refractivity contribution >= 4 is 33.6 Å². The quantitative estimate of drug-likeness (QED) is 0.288. The van der Waals surface area contributed by atoms with Gasteiger partial charge in [0, 0.05) is 36.0 Å². The molecule has 4 aliphatic rings. The van der Waals surface area contributed by atoms with Crippen LogP contribution in [0.2, 0.25) is 0 Å². The third-order valence-corrected chi connectivity index (χ3v) is 10.1. The molecular formula is C34H31F3N6O3. The summed E-state index contributed by atoms with van der Waals surface area (Å²) in [4.78, 5) is 18.0. The number of nitrogens with zero attached hydrogens (tertiary/aromatic N) is 6. The first kappa shape index (κ1) is 28.8. The topological polar surface area (TPSA) is 108 Å². The molecule has 8 rings (SSSR count). The SMILES string of the molecule is C=Cc1c(F)ccc2cc(O)cc(-c3nc4c5c(nc(OC[C@@]67CCCN6C[C@H](F)C7)nc5c3F)N3C[C@H](C#N)CC[C@H]3CO4)c12. The maximum absolute atomic E-state index is 17.0. The number of phenols is 1. The average Bonchev–Trinajstić information content (AvgIpc) is 3.53. The standard InChI is InChI=1S/C34H31F3N6O3/c1-2-23-25(36)7-5-19-10-22(44)11-24(26(19)23)29-28(37)30-27-31(43-14-18(13-38)4-6-21(43)16-45-32(27)39-29)41-33(40-30)46-17-34-8-3-9-42(34)15-20(35)12-34/h2,5,7,10-11,18,20-21,44H,1,3-4,6,8-9,12,14-17H2/t18-,20+,21-,34-/m0/s1. The van der Waals surface area contributed by atoms with Gasteiger partial charge in [0.2, 0.25) is 5.88 Å². The van der Waals surface area contributed by atoms with Gasteiger partial charge in [0.1, 0.15) is 53.4 Å². The maximum Gasteiger partial charge on any atom is 0.319 e. The number of piperidine rings is 1. The maximum atomic E-state index is 17.0. The van der Waals surface area contributed by atoms with Crippen LogP contribution in [0.4, 0.5) is 19.0 Å². The van der Waals surface area contributed by atoms with Crippen molar-refractivity contribution in [3.8, 4) is 35.0 Å². The molecule has 0 spiro atoms. The van der Waals surface area contributed by atoms with Crippen molar-refractivity contribution in [3.63, 3.8) is 0 Å². The number of hydrogen-bond donors (Lipinski definition) is 1. The average molecular weight is 629 g/mol. The Morgan fingerprint density at radius 3 is 2.87 bits per heavy atom. The zero-order valence-electron chi connectivity index (χ0n) is 25.0. The number of aromatic hydroxyl groups is 1. The lowest BCUT2D eigenvalue weighted by molar-refractivity contribution is 0.107. The molecule has 2 aromatic carbocycles. The Bertz CT molecular complexity index is 1970. The highest BCUT2D eigenvalue weighted by molar-refractivity contribution is 6.05. The van der Waals surface area contributed by atoms with Gasteiger partial charge in [-0.2, -0.15) is 15.2 Å². The molecule has 4 aromatic rings. The van der Waals surface area contributed by atoms with Crippen LogP contribution in [0.1, 0.15) is 37.7 Å². The first-order valence-electron chi connectivity index (χ1n) is 15.6. The van der Waals surface area contributed by atoms with Crippen LogP contribution < -0.4 is 14.4 Å². The second kappa shape index (κ2) is 10.7. The van der Waals surface area contributed by atoms with Gasteiger partial charge in [-0.05, 0) is 55.8 Å². The van der Waals surface area contributed by atoms with Crippen LogP contribution in [0.5, 0.6) is 17.6 Å². The van der Waals surface area contributed by atoms with Crippen LogP contribution in [-0.4, -0.2) is 75.6 Å². The molecule has 0 amide bonds. The van der Waals surface area contributed by atoms with Crippen LogP contribution in [-0.2, 0) is 0 Å². The smallest absolute Gasteiger partial charge is 0.319 e. The van der Waals surface area contributed by atoms with Gasteiger partial charge in [0.25, 0.3) is 0 Å². The van der Waals surface area contributed by atoms with Crippen LogP contribution in [0.15, 0.2) is 30.8 Å². The number of aromatic nitrogens is 3. The Kier molecular flexibility index (Phi) is 6.72. The number of alkyl halides is 1. The lowest BCUT2D eigenvalue weighted by atomic mass is 9.94. The van der Waals surface area contributed by atoms with E-state index in [1.54, 1.807) is 0 Å². The highest BCUT2D eigenvalue weighted by Crippen LogP contribution is 2.45. The fourth-order valence-electron chi connectivity index (χ4n) is 7.89. The minimum Gasteiger partial charge on any atom is -0.508 e. The summed E-state index contributed by atoms with van der Waals surface area (Å²) in [6, 6.07) is 7.66. The van der Waals surface area contributed by atoms with E-state index in [-0.39, 0.29) is 70.5 Å². The fourth-order valence-corrected chi connectivity index (χ4v) is 7.89. The predicted octanol–water partition coefficient (Wildman–Crippen LogP) is 5.93. The Morgan fingerprint density at radius 2 is 2.04 bits per heavy atom. The second-order valence-corrected chi connectivity index (χ2v) is 12.8. The molecule has 236 valence electrons. The third-order valence-electron chi connectivity index (χ3n) is 10.1. The number of ether oxygens (including phenoxy) is 2. The van der Waals surface area contributed by atoms with Crippen molar-refractivity contribution in [2.75, 3.05) is 37.7 Å². The molecule has 1 N–H and O–H groups in total. The van der Waals surface area contributed by atoms with E-state index < -0.39 is 23.3 Å². The summed E-state index contributed by atoms with van der Waals surface area (Å²) >= 11 is 0. The van der Waals surface area contributed by atoms with Gasteiger partial charge in [-0.3, -0.25) is 4.90 Å². The van der Waals surface area contributed by atoms with E-state index in [9.17, 15) is 19.1 Å². The van der Waals surface area contributed by atoms with Gasteiger partial charge >= 0.3 is 6.01 Å². The largest absolute Gasteiger partial charge is 0.508 e. The van der Waals surface area contributed by atoms with E-state index in [2.05, 4.69) is 27.5 Å². The van der Waals surface area contributed by atoms with Crippen molar-refractivity contribution in [3.05, 3.63) is 48.0 Å². The fraction of sp³-hybridized carbons (Fsp3) is 0.412. The van der Waals surface area contributed by atoms with Gasteiger partial charge < -0.3 is 19.5 Å². The number of halogens is 3. The van der Waals surface area contributed by atoms with Crippen LogP contribution in [0.25, 0.3) is 39.0 Å².